The number of aliphatic carboxylic acids is 1. The van der Waals surface area contributed by atoms with E-state index in [0.29, 0.717) is 30.4 Å². The number of carboxylic acid groups (broad SMARTS) is 1. The Balaban J connectivity index is 1.95. The van der Waals surface area contributed by atoms with Gasteiger partial charge in [-0.2, -0.15) is 0 Å². The Hall–Kier alpha value is -1.43. The van der Waals surface area contributed by atoms with E-state index in [2.05, 4.69) is 6.92 Å². The Kier molecular flexibility index (Phi) is 18.6. The average Bonchev–Trinajstić information content (AvgIpc) is 3.10. The summed E-state index contributed by atoms with van der Waals surface area (Å²) >= 11 is 0. The minimum atomic E-state index is -0.831. The molecule has 0 aromatic heterocycles. The molecule has 0 aromatic carbocycles. The number of imide groups is 1. The van der Waals surface area contributed by atoms with E-state index in [1.165, 1.54) is 108 Å². The maximum atomic E-state index is 12.7. The van der Waals surface area contributed by atoms with E-state index in [1.807, 2.05) is 14.1 Å². The van der Waals surface area contributed by atoms with Crippen LogP contribution < -0.4 is 0 Å². The molecule has 1 rings (SSSR count). The minimum Gasteiger partial charge on any atom is -0.477 e. The number of carbonyl (C=O) groups excluding carboxylic acids is 2. The van der Waals surface area contributed by atoms with E-state index in [-0.39, 0.29) is 24.3 Å². The molecule has 0 aromatic rings. The van der Waals surface area contributed by atoms with Crippen LogP contribution in [0, 0.1) is 5.92 Å². The molecule has 1 fully saturated rings. The summed E-state index contributed by atoms with van der Waals surface area (Å²) in [4.78, 5) is 37.4. The fourth-order valence-corrected chi connectivity index (χ4v) is 5.61. The first-order valence-electron chi connectivity index (χ1n) is 15.6. The Bertz CT molecular complexity index is 635. The number of quaternary nitrogens is 1. The number of unbranched alkanes of at least 4 members (excludes halogenated alkanes) is 17. The Morgan fingerprint density at radius 3 is 1.62 bits per heavy atom. The van der Waals surface area contributed by atoms with Crippen molar-refractivity contribution in [3.8, 4) is 0 Å². The number of amides is 2. The largest absolute Gasteiger partial charge is 0.477 e. The van der Waals surface area contributed by atoms with Crippen molar-refractivity contribution in [1.82, 2.24) is 4.90 Å². The number of likely N-dealkylation sites (N-methyl/N-ethyl adjacent to an activating group) is 1. The first-order chi connectivity index (χ1) is 17.8. The monoisotopic (exact) mass is 523 g/mol. The summed E-state index contributed by atoms with van der Waals surface area (Å²) in [6, 6.07) is 0. The zero-order valence-corrected chi connectivity index (χ0v) is 24.6. The molecule has 1 atom stereocenters. The summed E-state index contributed by atoms with van der Waals surface area (Å²) in [6.45, 7) is 3.37. The van der Waals surface area contributed by atoms with E-state index in [4.69, 9.17) is 5.11 Å². The van der Waals surface area contributed by atoms with Crippen LogP contribution in [0.3, 0.4) is 0 Å². The first kappa shape index (κ1) is 33.6. The predicted octanol–water partition coefficient (Wildman–Crippen LogP) is 7.34. The number of hydrogen-bond donors (Lipinski definition) is 1. The number of carboxylic acids is 1. The van der Waals surface area contributed by atoms with Crippen LogP contribution in [0.2, 0.25) is 0 Å². The number of carbonyl (C=O) groups is 3. The molecule has 0 spiro atoms. The quantitative estimate of drug-likeness (QED) is 0.0771. The summed E-state index contributed by atoms with van der Waals surface area (Å²) in [6.07, 6.45) is 26.1. The van der Waals surface area contributed by atoms with Gasteiger partial charge in [0.2, 0.25) is 11.8 Å². The van der Waals surface area contributed by atoms with Gasteiger partial charge in [-0.05, 0) is 6.42 Å². The van der Waals surface area contributed by atoms with Gasteiger partial charge in [-0.3, -0.25) is 14.5 Å². The topological polar surface area (TPSA) is 74.7 Å². The van der Waals surface area contributed by atoms with Gasteiger partial charge >= 0.3 is 5.97 Å². The zero-order chi connectivity index (χ0) is 27.4. The minimum absolute atomic E-state index is 0.0134. The normalized spacial score (nSPS) is 16.2. The highest BCUT2D eigenvalue weighted by atomic mass is 16.4. The lowest BCUT2D eigenvalue weighted by Crippen LogP contribution is -2.45. The third-order valence-corrected chi connectivity index (χ3v) is 7.95. The first-order valence-corrected chi connectivity index (χ1v) is 15.6. The number of likely N-dealkylation sites (tertiary alicyclic amines) is 1. The fourth-order valence-electron chi connectivity index (χ4n) is 5.61. The van der Waals surface area contributed by atoms with Gasteiger partial charge < -0.3 is 9.59 Å². The molecule has 0 saturated carbocycles. The SMILES string of the molecule is CCCCCCCCCCCCCCCCCCCCC1CC(=O)N(CCC[N+](C)(C)CC(=O)O)C1=O. The van der Waals surface area contributed by atoms with Crippen molar-refractivity contribution < 1.29 is 24.0 Å². The van der Waals surface area contributed by atoms with Crippen LogP contribution in [0.25, 0.3) is 0 Å². The molecular formula is C31H59N2O4+. The van der Waals surface area contributed by atoms with Crippen molar-refractivity contribution in [2.75, 3.05) is 33.7 Å². The van der Waals surface area contributed by atoms with Crippen LogP contribution in [0.4, 0.5) is 0 Å². The molecule has 6 heteroatoms. The Morgan fingerprint density at radius 1 is 0.757 bits per heavy atom. The molecule has 6 nitrogen and oxygen atoms in total. The van der Waals surface area contributed by atoms with E-state index in [9.17, 15) is 14.4 Å². The van der Waals surface area contributed by atoms with Crippen molar-refractivity contribution in [1.29, 1.82) is 0 Å². The lowest BCUT2D eigenvalue weighted by molar-refractivity contribution is -0.883. The van der Waals surface area contributed by atoms with Crippen LogP contribution in [0.15, 0.2) is 0 Å². The molecule has 1 aliphatic heterocycles. The summed E-state index contributed by atoms with van der Waals surface area (Å²) < 4.78 is 0.355. The molecule has 2 amide bonds. The van der Waals surface area contributed by atoms with Gasteiger partial charge in [-0.25, -0.2) is 4.79 Å². The second-order valence-corrected chi connectivity index (χ2v) is 12.1. The third kappa shape index (κ3) is 16.9. The number of hydrogen-bond acceptors (Lipinski definition) is 3. The van der Waals surface area contributed by atoms with E-state index in [1.54, 1.807) is 0 Å². The molecule has 0 aliphatic carbocycles. The predicted molar refractivity (Wildman–Crippen MR) is 152 cm³/mol. The van der Waals surface area contributed by atoms with Gasteiger partial charge in [-0.15, -0.1) is 0 Å². The lowest BCUT2D eigenvalue weighted by atomic mass is 9.98. The average molecular weight is 524 g/mol. The van der Waals surface area contributed by atoms with Crippen LogP contribution in [0.1, 0.15) is 142 Å². The Morgan fingerprint density at radius 2 is 1.19 bits per heavy atom. The maximum absolute atomic E-state index is 12.7. The molecule has 1 unspecified atom stereocenters. The van der Waals surface area contributed by atoms with Crippen LogP contribution in [-0.4, -0.2) is 66.0 Å². The van der Waals surface area contributed by atoms with Crippen LogP contribution >= 0.6 is 0 Å². The smallest absolute Gasteiger partial charge is 0.359 e. The standard InChI is InChI=1S/C31H58N2O4/c1-4-5-6-7-8-9-10-11-12-13-14-15-16-17-18-19-20-21-23-28-26-29(34)32(31(28)37)24-22-25-33(2,3)27-30(35)36/h28H,4-27H2,1-3H3/p+1. The number of nitrogens with zero attached hydrogens (tertiary/aromatic N) is 2. The lowest BCUT2D eigenvalue weighted by Gasteiger charge is -2.28. The van der Waals surface area contributed by atoms with E-state index in [0.717, 1.165) is 19.3 Å². The van der Waals surface area contributed by atoms with Crippen molar-refractivity contribution in [3.05, 3.63) is 0 Å². The summed E-state index contributed by atoms with van der Waals surface area (Å²) in [5.41, 5.74) is 0. The van der Waals surface area contributed by atoms with Crippen LogP contribution in [0.5, 0.6) is 0 Å². The van der Waals surface area contributed by atoms with Gasteiger partial charge in [0.1, 0.15) is 0 Å². The summed E-state index contributed by atoms with van der Waals surface area (Å²) in [7, 11) is 3.73. The summed E-state index contributed by atoms with van der Waals surface area (Å²) in [5, 5.41) is 8.99. The van der Waals surface area contributed by atoms with Crippen LogP contribution in [-0.2, 0) is 14.4 Å². The fraction of sp³-hybridized carbons (Fsp3) is 0.903. The highest BCUT2D eigenvalue weighted by Gasteiger charge is 2.37. The number of rotatable bonds is 25. The second kappa shape index (κ2) is 20.5. The maximum Gasteiger partial charge on any atom is 0.359 e. The Labute approximate surface area is 228 Å². The van der Waals surface area contributed by atoms with Gasteiger partial charge in [-0.1, -0.05) is 122 Å². The summed E-state index contributed by atoms with van der Waals surface area (Å²) in [5.74, 6) is -1.04. The molecule has 1 heterocycles. The highest BCUT2D eigenvalue weighted by molar-refractivity contribution is 6.03. The molecule has 0 bridgehead atoms. The van der Waals surface area contributed by atoms with E-state index < -0.39 is 5.97 Å². The van der Waals surface area contributed by atoms with Crippen molar-refractivity contribution in [3.63, 3.8) is 0 Å². The zero-order valence-electron chi connectivity index (χ0n) is 24.6. The molecule has 1 saturated heterocycles. The van der Waals surface area contributed by atoms with E-state index >= 15 is 0 Å². The molecule has 37 heavy (non-hydrogen) atoms. The van der Waals surface area contributed by atoms with Gasteiger partial charge in [0.15, 0.2) is 6.54 Å². The molecular weight excluding hydrogens is 464 g/mol. The van der Waals surface area contributed by atoms with Gasteiger partial charge in [0.05, 0.1) is 20.6 Å². The van der Waals surface area contributed by atoms with Crippen molar-refractivity contribution >= 4 is 17.8 Å². The third-order valence-electron chi connectivity index (χ3n) is 7.95. The van der Waals surface area contributed by atoms with Crippen molar-refractivity contribution in [2.45, 2.75) is 142 Å². The molecule has 1 N–H and O–H groups in total. The van der Waals surface area contributed by atoms with Gasteiger partial charge in [0.25, 0.3) is 0 Å². The van der Waals surface area contributed by atoms with Gasteiger partial charge in [0, 0.05) is 25.3 Å². The van der Waals surface area contributed by atoms with Crippen molar-refractivity contribution in [2.24, 2.45) is 5.92 Å². The molecule has 1 aliphatic rings. The highest BCUT2D eigenvalue weighted by Crippen LogP contribution is 2.25. The second-order valence-electron chi connectivity index (χ2n) is 12.1. The molecule has 0 radical (unpaired) electrons. The molecule has 216 valence electrons.